The smallest absolute Gasteiger partial charge is 0.263 e. The molecule has 0 N–H and O–H groups in total. The fourth-order valence-corrected chi connectivity index (χ4v) is 4.64. The number of rotatable bonds is 7. The van der Waals surface area contributed by atoms with Crippen molar-refractivity contribution in [3.63, 3.8) is 0 Å². The van der Waals surface area contributed by atoms with E-state index in [9.17, 15) is 20.2 Å². The molecule has 4 rings (SSSR count). The number of hydrogen-bond donors (Lipinski definition) is 0. The summed E-state index contributed by atoms with van der Waals surface area (Å²) < 4.78 is 1.84. The predicted octanol–water partition coefficient (Wildman–Crippen LogP) is 7.41. The first-order chi connectivity index (χ1) is 17.3. The lowest BCUT2D eigenvalue weighted by Crippen LogP contribution is -2.25. The number of benzene rings is 4. The Kier molecular flexibility index (Phi) is 7.41. The van der Waals surface area contributed by atoms with E-state index in [1.54, 1.807) is 0 Å². The van der Waals surface area contributed by atoms with Gasteiger partial charge in [-0.25, -0.2) is 4.99 Å². The number of para-hydroxylation sites is 2. The van der Waals surface area contributed by atoms with E-state index in [0.717, 1.165) is 46.1 Å². The molecule has 0 spiro atoms. The van der Waals surface area contributed by atoms with E-state index in [1.165, 1.54) is 12.1 Å². The third-order valence-corrected chi connectivity index (χ3v) is 6.53. The summed E-state index contributed by atoms with van der Waals surface area (Å²) in [6.45, 7) is 3.91. The van der Waals surface area contributed by atoms with Crippen LogP contribution in [0.2, 0.25) is 0 Å². The average molecular weight is 499 g/mol. The van der Waals surface area contributed by atoms with Gasteiger partial charge in [0, 0.05) is 23.6 Å². The highest BCUT2D eigenvalue weighted by Crippen LogP contribution is 2.39. The van der Waals surface area contributed by atoms with Crippen LogP contribution >= 0.6 is 11.9 Å². The molecule has 9 heteroatoms. The van der Waals surface area contributed by atoms with Crippen LogP contribution in [-0.4, -0.2) is 15.7 Å². The first-order valence-electron chi connectivity index (χ1n) is 11.0. The minimum absolute atomic E-state index is 0.252. The summed E-state index contributed by atoms with van der Waals surface area (Å²) in [4.78, 5) is 27.1. The quantitative estimate of drug-likeness (QED) is 0.0864. The molecular weight excluding hydrogens is 476 g/mol. The highest BCUT2D eigenvalue weighted by molar-refractivity contribution is 8.01. The lowest BCUT2D eigenvalue weighted by atomic mass is 10.1. The van der Waals surface area contributed by atoms with Gasteiger partial charge in [-0.15, -0.1) is 0 Å². The number of amidine groups is 1. The second kappa shape index (κ2) is 10.8. The Labute approximate surface area is 212 Å². The normalized spacial score (nSPS) is 11.2. The van der Waals surface area contributed by atoms with Crippen LogP contribution in [0.5, 0.6) is 0 Å². The average Bonchev–Trinajstić information content (AvgIpc) is 2.88. The zero-order valence-electron chi connectivity index (χ0n) is 19.6. The van der Waals surface area contributed by atoms with Gasteiger partial charge in [-0.05, 0) is 43.2 Å². The van der Waals surface area contributed by atoms with Crippen LogP contribution in [0.3, 0.4) is 0 Å². The summed E-state index contributed by atoms with van der Waals surface area (Å²) in [6.07, 6.45) is 0. The van der Waals surface area contributed by atoms with Crippen molar-refractivity contribution in [1.82, 2.24) is 0 Å². The number of nitro benzene ring substituents is 2. The Morgan fingerprint density at radius 2 is 1.42 bits per heavy atom. The van der Waals surface area contributed by atoms with Crippen LogP contribution in [0.1, 0.15) is 16.7 Å². The van der Waals surface area contributed by atoms with Gasteiger partial charge in [0.05, 0.1) is 27.3 Å². The Morgan fingerprint density at radius 3 is 2.06 bits per heavy atom. The number of nitro groups is 2. The third kappa shape index (κ3) is 5.42. The maximum absolute atomic E-state index is 11.9. The lowest BCUT2D eigenvalue weighted by Gasteiger charge is -2.27. The molecule has 0 aliphatic heterocycles. The Hall–Kier alpha value is -4.50. The van der Waals surface area contributed by atoms with Gasteiger partial charge < -0.3 is 0 Å². The molecule has 4 aromatic carbocycles. The molecular formula is C27H22N4O4S. The van der Waals surface area contributed by atoms with E-state index >= 15 is 0 Å². The maximum Gasteiger partial charge on any atom is 0.291 e. The van der Waals surface area contributed by atoms with Gasteiger partial charge in [-0.3, -0.25) is 24.5 Å². The molecule has 0 aliphatic carbocycles. The minimum atomic E-state index is -0.643. The second-order valence-corrected chi connectivity index (χ2v) is 8.91. The number of non-ortho nitro benzene ring substituents is 1. The van der Waals surface area contributed by atoms with E-state index in [-0.39, 0.29) is 16.3 Å². The summed E-state index contributed by atoms with van der Waals surface area (Å²) >= 11 is 1.10. The number of aryl methyl sites for hydroxylation is 2. The van der Waals surface area contributed by atoms with E-state index in [2.05, 4.69) is 0 Å². The fourth-order valence-electron chi connectivity index (χ4n) is 3.55. The topological polar surface area (TPSA) is 102 Å². The van der Waals surface area contributed by atoms with Crippen LogP contribution in [-0.2, 0) is 0 Å². The molecule has 0 saturated carbocycles. The van der Waals surface area contributed by atoms with Gasteiger partial charge in [-0.1, -0.05) is 66.7 Å². The molecule has 0 radical (unpaired) electrons. The molecule has 8 nitrogen and oxygen atoms in total. The summed E-state index contributed by atoms with van der Waals surface area (Å²) in [6, 6.07) is 28.6. The van der Waals surface area contributed by atoms with E-state index in [4.69, 9.17) is 4.99 Å². The monoisotopic (exact) mass is 498 g/mol. The minimum Gasteiger partial charge on any atom is -0.263 e. The zero-order chi connectivity index (χ0) is 25.7. The predicted molar refractivity (Wildman–Crippen MR) is 143 cm³/mol. The van der Waals surface area contributed by atoms with Crippen molar-refractivity contribution >= 4 is 40.5 Å². The van der Waals surface area contributed by atoms with Crippen LogP contribution in [0.15, 0.2) is 107 Å². The van der Waals surface area contributed by atoms with E-state index in [0.29, 0.717) is 5.84 Å². The first kappa shape index (κ1) is 24.6. The van der Waals surface area contributed by atoms with Crippen molar-refractivity contribution in [3.8, 4) is 0 Å². The van der Waals surface area contributed by atoms with Crippen LogP contribution < -0.4 is 4.31 Å². The van der Waals surface area contributed by atoms with Crippen molar-refractivity contribution in [1.29, 1.82) is 0 Å². The van der Waals surface area contributed by atoms with Gasteiger partial charge in [0.1, 0.15) is 4.90 Å². The highest BCUT2D eigenvalue weighted by Gasteiger charge is 2.26. The van der Waals surface area contributed by atoms with Gasteiger partial charge in [-0.2, -0.15) is 0 Å². The van der Waals surface area contributed by atoms with E-state index in [1.807, 2.05) is 97.0 Å². The Bertz CT molecular complexity index is 1460. The van der Waals surface area contributed by atoms with Crippen LogP contribution in [0, 0.1) is 34.1 Å². The number of hydrogen-bond acceptors (Lipinski definition) is 6. The summed E-state index contributed by atoms with van der Waals surface area (Å²) in [5, 5.41) is 23.1. The van der Waals surface area contributed by atoms with Gasteiger partial charge in [0.15, 0.2) is 5.84 Å². The number of anilines is 1. The molecule has 0 saturated heterocycles. The van der Waals surface area contributed by atoms with Gasteiger partial charge >= 0.3 is 0 Å². The Morgan fingerprint density at radius 1 is 0.778 bits per heavy atom. The van der Waals surface area contributed by atoms with Crippen molar-refractivity contribution in [3.05, 3.63) is 134 Å². The summed E-state index contributed by atoms with van der Waals surface area (Å²) in [7, 11) is 0. The molecule has 0 bridgehead atoms. The summed E-state index contributed by atoms with van der Waals surface area (Å²) in [5.41, 5.74) is 3.56. The molecule has 4 aromatic rings. The molecule has 0 unspecified atom stereocenters. The van der Waals surface area contributed by atoms with Crippen molar-refractivity contribution < 1.29 is 9.85 Å². The number of aliphatic imine (C=N–C) groups is 1. The fraction of sp³-hybridized carbons (Fsp3) is 0.0741. The molecule has 0 fully saturated rings. The Balaban J connectivity index is 1.95. The maximum atomic E-state index is 11.9. The first-order valence-corrected chi connectivity index (χ1v) is 11.8. The molecule has 0 aliphatic rings. The SMILES string of the molecule is Cc1ccccc1N=C(c1ccccc1)N(Sc1ccc([N+](=O)[O-])cc1[N+](=O)[O-])c1ccccc1C. The van der Waals surface area contributed by atoms with Crippen molar-refractivity contribution in [2.24, 2.45) is 4.99 Å². The molecule has 180 valence electrons. The molecule has 0 aromatic heterocycles. The van der Waals surface area contributed by atoms with Crippen molar-refractivity contribution in [2.45, 2.75) is 18.7 Å². The molecule has 0 amide bonds. The standard InChI is InChI=1S/C27H22N4O4S/c1-19-10-6-8-14-23(19)28-27(21-12-4-3-5-13-21)29(24-15-9-7-11-20(24)2)36-26-17-16-22(30(32)33)18-25(26)31(34)35/h3-18H,1-2H3. The highest BCUT2D eigenvalue weighted by atomic mass is 32.2. The summed E-state index contributed by atoms with van der Waals surface area (Å²) in [5.74, 6) is 0.567. The largest absolute Gasteiger partial charge is 0.291 e. The zero-order valence-corrected chi connectivity index (χ0v) is 20.4. The molecule has 0 atom stereocenters. The molecule has 36 heavy (non-hydrogen) atoms. The van der Waals surface area contributed by atoms with Crippen LogP contribution in [0.25, 0.3) is 0 Å². The molecule has 0 heterocycles. The lowest BCUT2D eigenvalue weighted by molar-refractivity contribution is -0.396. The number of nitrogens with zero attached hydrogens (tertiary/aromatic N) is 4. The van der Waals surface area contributed by atoms with Crippen molar-refractivity contribution in [2.75, 3.05) is 4.31 Å². The van der Waals surface area contributed by atoms with E-state index < -0.39 is 9.85 Å². The van der Waals surface area contributed by atoms with Crippen LogP contribution in [0.4, 0.5) is 22.7 Å². The van der Waals surface area contributed by atoms with Gasteiger partial charge in [0.2, 0.25) is 0 Å². The van der Waals surface area contributed by atoms with Gasteiger partial charge in [0.25, 0.3) is 11.4 Å². The second-order valence-electron chi connectivity index (χ2n) is 7.93. The third-order valence-electron chi connectivity index (χ3n) is 5.44.